The summed E-state index contributed by atoms with van der Waals surface area (Å²) in [7, 11) is 0. The Morgan fingerprint density at radius 3 is 2.40 bits per heavy atom. The van der Waals surface area contributed by atoms with Crippen LogP contribution in [0.4, 0.5) is 18.9 Å². The molecule has 0 unspecified atom stereocenters. The van der Waals surface area contributed by atoms with E-state index in [0.717, 1.165) is 6.07 Å². The summed E-state index contributed by atoms with van der Waals surface area (Å²) >= 11 is 0. The molecule has 0 saturated carbocycles. The van der Waals surface area contributed by atoms with Crippen LogP contribution in [0.2, 0.25) is 0 Å². The average Bonchev–Trinajstić information content (AvgIpc) is 2.36. The Balaban J connectivity index is 3.35. The van der Waals surface area contributed by atoms with Crippen molar-refractivity contribution in [1.82, 2.24) is 4.90 Å². The second kappa shape index (κ2) is 6.13. The van der Waals surface area contributed by atoms with Gasteiger partial charge in [-0.2, -0.15) is 13.2 Å². The maximum Gasteiger partial charge on any atom is 0.418 e. The number of hydrogen-bond donors (Lipinski definition) is 2. The number of nitrogens with zero attached hydrogens (tertiary/aromatic N) is 1. The molecule has 7 heteroatoms. The number of nitrogens with one attached hydrogen (secondary N) is 1. The molecular weight excluding hydrogens is 271 g/mol. The Hall–Kier alpha value is -1.76. The van der Waals surface area contributed by atoms with Gasteiger partial charge in [-0.1, -0.05) is 6.07 Å². The fourth-order valence-electron chi connectivity index (χ4n) is 2.02. The van der Waals surface area contributed by atoms with Crippen LogP contribution in [0.25, 0.3) is 0 Å². The normalized spacial score (nSPS) is 11.6. The van der Waals surface area contributed by atoms with E-state index in [1.807, 2.05) is 5.43 Å². The minimum Gasteiger partial charge on any atom is -0.336 e. The fraction of sp³-hybridized carbons (Fsp3) is 0.462. The molecule has 0 heterocycles. The number of amides is 1. The Morgan fingerprint density at radius 2 is 2.00 bits per heavy atom. The van der Waals surface area contributed by atoms with Crippen molar-refractivity contribution >= 4 is 11.6 Å². The lowest BCUT2D eigenvalue weighted by atomic mass is 10.0. The summed E-state index contributed by atoms with van der Waals surface area (Å²) in [5, 5.41) is 0. The first-order valence-corrected chi connectivity index (χ1v) is 6.21. The van der Waals surface area contributed by atoms with Gasteiger partial charge in [0.15, 0.2) is 0 Å². The molecule has 0 aliphatic carbocycles. The highest BCUT2D eigenvalue weighted by atomic mass is 19.4. The molecule has 1 aromatic carbocycles. The molecule has 0 bridgehead atoms. The third kappa shape index (κ3) is 3.22. The number of anilines is 1. The molecule has 0 atom stereocenters. The van der Waals surface area contributed by atoms with Gasteiger partial charge in [0.05, 0.1) is 16.8 Å². The van der Waals surface area contributed by atoms with Gasteiger partial charge in [0.1, 0.15) is 0 Å². The van der Waals surface area contributed by atoms with E-state index in [-0.39, 0.29) is 11.6 Å². The highest BCUT2D eigenvalue weighted by Crippen LogP contribution is 2.36. The molecule has 0 fully saturated rings. The largest absolute Gasteiger partial charge is 0.418 e. The van der Waals surface area contributed by atoms with Crippen LogP contribution in [0.15, 0.2) is 18.2 Å². The molecule has 20 heavy (non-hydrogen) atoms. The summed E-state index contributed by atoms with van der Waals surface area (Å²) in [6, 6.07) is 3.30. The SMILES string of the molecule is CCN(C(=O)c1cccc(C(F)(F)F)c1NN)C(C)C. The zero-order valence-electron chi connectivity index (χ0n) is 11.6. The van der Waals surface area contributed by atoms with Gasteiger partial charge in [-0.3, -0.25) is 10.6 Å². The van der Waals surface area contributed by atoms with Crippen molar-refractivity contribution in [1.29, 1.82) is 0 Å². The minimum atomic E-state index is -4.58. The van der Waals surface area contributed by atoms with E-state index in [4.69, 9.17) is 5.84 Å². The standard InChI is InChI=1S/C13H18F3N3O/c1-4-19(8(2)3)12(20)9-6-5-7-10(11(9)18-17)13(14,15)16/h5-8,18H,4,17H2,1-3H3. The third-order valence-electron chi connectivity index (χ3n) is 2.97. The van der Waals surface area contributed by atoms with Crippen LogP contribution in [0.5, 0.6) is 0 Å². The van der Waals surface area contributed by atoms with Gasteiger partial charge in [0, 0.05) is 12.6 Å². The Morgan fingerprint density at radius 1 is 1.40 bits per heavy atom. The maximum atomic E-state index is 12.9. The van der Waals surface area contributed by atoms with E-state index in [0.29, 0.717) is 6.54 Å². The topological polar surface area (TPSA) is 58.4 Å². The van der Waals surface area contributed by atoms with Crippen LogP contribution in [-0.4, -0.2) is 23.4 Å². The first kappa shape index (κ1) is 16.3. The number of hydrazine groups is 1. The molecule has 0 saturated heterocycles. The number of nitrogen functional groups attached to an aromatic ring is 1. The van der Waals surface area contributed by atoms with Gasteiger partial charge < -0.3 is 10.3 Å². The second-order valence-electron chi connectivity index (χ2n) is 4.56. The molecule has 0 spiro atoms. The Kier molecular flexibility index (Phi) is 4.99. The van der Waals surface area contributed by atoms with Crippen molar-refractivity contribution in [3.05, 3.63) is 29.3 Å². The molecule has 0 aliphatic rings. The quantitative estimate of drug-likeness (QED) is 0.662. The number of nitrogens with two attached hydrogens (primary N) is 1. The Labute approximate surface area is 115 Å². The molecule has 1 rings (SSSR count). The van der Waals surface area contributed by atoms with Crippen molar-refractivity contribution < 1.29 is 18.0 Å². The van der Waals surface area contributed by atoms with Crippen LogP contribution < -0.4 is 11.3 Å². The first-order valence-electron chi connectivity index (χ1n) is 6.21. The van der Waals surface area contributed by atoms with E-state index < -0.39 is 23.3 Å². The molecule has 0 aromatic heterocycles. The van der Waals surface area contributed by atoms with Crippen LogP contribution >= 0.6 is 0 Å². The van der Waals surface area contributed by atoms with Crippen molar-refractivity contribution in [2.24, 2.45) is 5.84 Å². The van der Waals surface area contributed by atoms with E-state index in [1.54, 1.807) is 20.8 Å². The van der Waals surface area contributed by atoms with Gasteiger partial charge in [-0.25, -0.2) is 0 Å². The van der Waals surface area contributed by atoms with Crippen LogP contribution in [-0.2, 0) is 6.18 Å². The summed E-state index contributed by atoms with van der Waals surface area (Å²) in [6.45, 7) is 5.76. The number of para-hydroxylation sites is 1. The lowest BCUT2D eigenvalue weighted by Crippen LogP contribution is -2.37. The molecule has 112 valence electrons. The van der Waals surface area contributed by atoms with Gasteiger partial charge in [-0.15, -0.1) is 0 Å². The molecule has 1 aromatic rings. The lowest BCUT2D eigenvalue weighted by molar-refractivity contribution is -0.137. The van der Waals surface area contributed by atoms with Crippen LogP contribution in [0.1, 0.15) is 36.7 Å². The monoisotopic (exact) mass is 289 g/mol. The third-order valence-corrected chi connectivity index (χ3v) is 2.97. The van der Waals surface area contributed by atoms with Crippen molar-refractivity contribution in [2.75, 3.05) is 12.0 Å². The molecule has 3 N–H and O–H groups in total. The number of carbonyl (C=O) groups excluding carboxylic acids is 1. The molecule has 0 aliphatic heterocycles. The number of halogens is 3. The van der Waals surface area contributed by atoms with Crippen molar-refractivity contribution in [2.45, 2.75) is 33.0 Å². The zero-order valence-corrected chi connectivity index (χ0v) is 11.6. The van der Waals surface area contributed by atoms with E-state index in [2.05, 4.69) is 0 Å². The average molecular weight is 289 g/mol. The smallest absolute Gasteiger partial charge is 0.336 e. The first-order chi connectivity index (χ1) is 9.23. The van der Waals surface area contributed by atoms with E-state index in [1.165, 1.54) is 17.0 Å². The predicted molar refractivity (Wildman–Crippen MR) is 71.1 cm³/mol. The van der Waals surface area contributed by atoms with Gasteiger partial charge in [0.2, 0.25) is 0 Å². The minimum absolute atomic E-state index is 0.0853. The summed E-state index contributed by atoms with van der Waals surface area (Å²) in [5.41, 5.74) is 0.565. The number of rotatable bonds is 4. The Bertz CT molecular complexity index is 486. The molecular formula is C13H18F3N3O. The van der Waals surface area contributed by atoms with E-state index in [9.17, 15) is 18.0 Å². The highest BCUT2D eigenvalue weighted by molar-refractivity contribution is 6.00. The maximum absolute atomic E-state index is 12.9. The summed E-state index contributed by atoms with van der Waals surface area (Å²) in [6.07, 6.45) is -4.58. The molecule has 0 radical (unpaired) electrons. The number of alkyl halides is 3. The number of benzene rings is 1. The van der Waals surface area contributed by atoms with Crippen molar-refractivity contribution in [3.8, 4) is 0 Å². The highest BCUT2D eigenvalue weighted by Gasteiger charge is 2.35. The number of hydrogen-bond acceptors (Lipinski definition) is 3. The molecule has 1 amide bonds. The summed E-state index contributed by atoms with van der Waals surface area (Å²) in [4.78, 5) is 13.8. The zero-order chi connectivity index (χ0) is 15.5. The van der Waals surface area contributed by atoms with Crippen LogP contribution in [0, 0.1) is 0 Å². The number of carbonyl (C=O) groups is 1. The summed E-state index contributed by atoms with van der Waals surface area (Å²) in [5.74, 6) is 4.70. The van der Waals surface area contributed by atoms with Gasteiger partial charge >= 0.3 is 6.18 Å². The molecule has 4 nitrogen and oxygen atoms in total. The predicted octanol–water partition coefficient (Wildman–Crippen LogP) is 2.86. The van der Waals surface area contributed by atoms with Gasteiger partial charge in [-0.05, 0) is 32.9 Å². The fourth-order valence-corrected chi connectivity index (χ4v) is 2.02. The van der Waals surface area contributed by atoms with Crippen molar-refractivity contribution in [3.63, 3.8) is 0 Å². The summed E-state index contributed by atoms with van der Waals surface area (Å²) < 4.78 is 38.7. The lowest BCUT2D eigenvalue weighted by Gasteiger charge is -2.26. The van der Waals surface area contributed by atoms with E-state index >= 15 is 0 Å². The van der Waals surface area contributed by atoms with Gasteiger partial charge in [0.25, 0.3) is 5.91 Å². The second-order valence-corrected chi connectivity index (χ2v) is 4.56. The van der Waals surface area contributed by atoms with Crippen LogP contribution in [0.3, 0.4) is 0 Å².